The number of amides is 1. The lowest BCUT2D eigenvalue weighted by Crippen LogP contribution is -2.40. The van der Waals surface area contributed by atoms with Gasteiger partial charge in [0.05, 0.1) is 12.8 Å². The third-order valence-electron chi connectivity index (χ3n) is 4.90. The first kappa shape index (κ1) is 20.8. The zero-order chi connectivity index (χ0) is 20.5. The fourth-order valence-electron chi connectivity index (χ4n) is 3.24. The average Bonchev–Trinajstić information content (AvgIpc) is 2.96. The van der Waals surface area contributed by atoms with Crippen LogP contribution in [0, 0.1) is 18.7 Å². The first-order valence-electron chi connectivity index (χ1n) is 8.88. The Balaban J connectivity index is 1.65. The summed E-state index contributed by atoms with van der Waals surface area (Å²) < 4.78 is 40.1. The van der Waals surface area contributed by atoms with Crippen molar-refractivity contribution in [3.05, 3.63) is 46.4 Å². The quantitative estimate of drug-likeness (QED) is 0.793. The lowest BCUT2D eigenvalue weighted by Gasteiger charge is -2.29. The number of piperidine rings is 1. The maximum absolute atomic E-state index is 14.0. The average molecular weight is 429 g/mol. The summed E-state index contributed by atoms with van der Waals surface area (Å²) in [7, 11) is -3.23. The summed E-state index contributed by atoms with van der Waals surface area (Å²) >= 11 is 6.07. The Morgan fingerprint density at radius 2 is 2.04 bits per heavy atom. The van der Waals surface area contributed by atoms with Crippen LogP contribution in [0.1, 0.15) is 24.1 Å². The molecule has 0 atom stereocenters. The summed E-state index contributed by atoms with van der Waals surface area (Å²) in [5, 5.41) is 7.42. The first-order chi connectivity index (χ1) is 13.1. The standard InChI is InChI=1S/C18H22ClFN4O3S/c1-12-10-17(22-24(12)11-14-15(19)4-3-5-16(14)20)21-18(25)13-6-8-23(9-7-13)28(2,26)27/h3-5,10,13H,6-9,11H2,1-2H3,(H,21,22,25). The maximum Gasteiger partial charge on any atom is 0.228 e. The molecule has 152 valence electrons. The molecule has 10 heteroatoms. The molecule has 1 fully saturated rings. The third-order valence-corrected chi connectivity index (χ3v) is 6.55. The van der Waals surface area contributed by atoms with E-state index in [0.717, 1.165) is 5.69 Å². The molecule has 1 saturated heterocycles. The molecular weight excluding hydrogens is 407 g/mol. The Bertz CT molecular complexity index is 964. The van der Waals surface area contributed by atoms with Gasteiger partial charge >= 0.3 is 0 Å². The molecule has 1 aliphatic rings. The first-order valence-corrected chi connectivity index (χ1v) is 11.1. The normalized spacial score (nSPS) is 16.3. The number of aromatic nitrogens is 2. The second-order valence-electron chi connectivity index (χ2n) is 6.95. The molecule has 7 nitrogen and oxygen atoms in total. The van der Waals surface area contributed by atoms with Gasteiger partial charge in [-0.25, -0.2) is 17.1 Å². The molecule has 0 spiro atoms. The molecule has 0 unspecified atom stereocenters. The number of carbonyl (C=O) groups is 1. The van der Waals surface area contributed by atoms with Crippen LogP contribution >= 0.6 is 11.6 Å². The van der Waals surface area contributed by atoms with E-state index in [1.54, 1.807) is 16.8 Å². The van der Waals surface area contributed by atoms with Gasteiger partial charge in [-0.15, -0.1) is 0 Å². The van der Waals surface area contributed by atoms with Crippen molar-refractivity contribution in [3.8, 4) is 0 Å². The number of benzene rings is 1. The molecule has 0 aliphatic carbocycles. The number of rotatable bonds is 5. The predicted molar refractivity (Wildman–Crippen MR) is 105 cm³/mol. The molecule has 1 aromatic carbocycles. The minimum Gasteiger partial charge on any atom is -0.309 e. The highest BCUT2D eigenvalue weighted by Gasteiger charge is 2.29. The summed E-state index contributed by atoms with van der Waals surface area (Å²) in [6, 6.07) is 6.20. The SMILES string of the molecule is Cc1cc(NC(=O)C2CCN(S(C)(=O)=O)CC2)nn1Cc1c(F)cccc1Cl. The van der Waals surface area contributed by atoms with Crippen LogP contribution in [0.5, 0.6) is 0 Å². The van der Waals surface area contributed by atoms with Crippen LogP contribution in [0.3, 0.4) is 0 Å². The van der Waals surface area contributed by atoms with Gasteiger partial charge in [0.15, 0.2) is 5.82 Å². The molecule has 1 N–H and O–H groups in total. The van der Waals surface area contributed by atoms with Crippen LogP contribution in [-0.4, -0.2) is 47.8 Å². The highest BCUT2D eigenvalue weighted by atomic mass is 35.5. The smallest absolute Gasteiger partial charge is 0.228 e. The van der Waals surface area contributed by atoms with Gasteiger partial charge in [-0.05, 0) is 31.9 Å². The molecule has 28 heavy (non-hydrogen) atoms. The number of hydrogen-bond donors (Lipinski definition) is 1. The van der Waals surface area contributed by atoms with Crippen molar-refractivity contribution in [1.82, 2.24) is 14.1 Å². The van der Waals surface area contributed by atoms with Crippen LogP contribution < -0.4 is 5.32 Å². The van der Waals surface area contributed by atoms with Gasteiger partial charge in [0.2, 0.25) is 15.9 Å². The summed E-state index contributed by atoms with van der Waals surface area (Å²) in [6.45, 7) is 2.62. The second kappa shape index (κ2) is 8.18. The lowest BCUT2D eigenvalue weighted by atomic mass is 9.97. The molecular formula is C18H22ClFN4O3S. The zero-order valence-corrected chi connectivity index (χ0v) is 17.2. The van der Waals surface area contributed by atoms with E-state index in [1.807, 2.05) is 6.92 Å². The summed E-state index contributed by atoms with van der Waals surface area (Å²) in [4.78, 5) is 12.5. The number of carbonyl (C=O) groups excluding carboxylic acids is 1. The van der Waals surface area contributed by atoms with E-state index < -0.39 is 15.8 Å². The maximum atomic E-state index is 14.0. The van der Waals surface area contributed by atoms with Gasteiger partial charge in [-0.3, -0.25) is 9.48 Å². The van der Waals surface area contributed by atoms with E-state index in [0.29, 0.717) is 42.3 Å². The van der Waals surface area contributed by atoms with Crippen molar-refractivity contribution in [2.24, 2.45) is 5.92 Å². The van der Waals surface area contributed by atoms with E-state index >= 15 is 0 Å². The van der Waals surface area contributed by atoms with Crippen molar-refractivity contribution >= 4 is 33.3 Å². The zero-order valence-electron chi connectivity index (χ0n) is 15.7. The predicted octanol–water partition coefficient (Wildman–Crippen LogP) is 2.64. The van der Waals surface area contributed by atoms with Crippen LogP contribution in [0.25, 0.3) is 0 Å². The monoisotopic (exact) mass is 428 g/mol. The summed E-state index contributed by atoms with van der Waals surface area (Å²) in [6.07, 6.45) is 2.09. The van der Waals surface area contributed by atoms with Crippen LogP contribution in [0.2, 0.25) is 5.02 Å². The number of nitrogens with zero attached hydrogens (tertiary/aromatic N) is 3. The van der Waals surface area contributed by atoms with Crippen molar-refractivity contribution in [2.75, 3.05) is 24.7 Å². The Hall–Kier alpha value is -1.97. The summed E-state index contributed by atoms with van der Waals surface area (Å²) in [5.74, 6) is -0.502. The van der Waals surface area contributed by atoms with Gasteiger partial charge in [0.1, 0.15) is 5.82 Å². The summed E-state index contributed by atoms with van der Waals surface area (Å²) in [5.41, 5.74) is 1.09. The molecule has 2 heterocycles. The molecule has 2 aromatic rings. The Labute approximate surface area is 168 Å². The van der Waals surface area contributed by atoms with Gasteiger partial charge in [-0.2, -0.15) is 5.10 Å². The molecule has 3 rings (SSSR count). The van der Waals surface area contributed by atoms with Gasteiger partial charge in [0, 0.05) is 41.4 Å². The molecule has 0 bridgehead atoms. The topological polar surface area (TPSA) is 84.3 Å². The van der Waals surface area contributed by atoms with Gasteiger partial charge in [-0.1, -0.05) is 17.7 Å². The molecule has 1 aliphatic heterocycles. The fourth-order valence-corrected chi connectivity index (χ4v) is 4.34. The third kappa shape index (κ3) is 4.71. The fraction of sp³-hybridized carbons (Fsp3) is 0.444. The molecule has 1 aromatic heterocycles. The number of nitrogens with one attached hydrogen (secondary N) is 1. The van der Waals surface area contributed by atoms with Crippen LogP contribution in [0.15, 0.2) is 24.3 Å². The van der Waals surface area contributed by atoms with E-state index in [9.17, 15) is 17.6 Å². The van der Waals surface area contributed by atoms with E-state index in [1.165, 1.54) is 22.7 Å². The number of halogens is 2. The second-order valence-corrected chi connectivity index (χ2v) is 9.34. The van der Waals surface area contributed by atoms with Crippen molar-refractivity contribution < 1.29 is 17.6 Å². The van der Waals surface area contributed by atoms with Gasteiger partial charge < -0.3 is 5.32 Å². The Morgan fingerprint density at radius 1 is 1.36 bits per heavy atom. The minimum absolute atomic E-state index is 0.153. The minimum atomic E-state index is -3.23. The highest BCUT2D eigenvalue weighted by molar-refractivity contribution is 7.88. The van der Waals surface area contributed by atoms with E-state index in [2.05, 4.69) is 10.4 Å². The van der Waals surface area contributed by atoms with E-state index in [-0.39, 0.29) is 18.4 Å². The highest BCUT2D eigenvalue weighted by Crippen LogP contribution is 2.23. The number of hydrogen-bond acceptors (Lipinski definition) is 4. The van der Waals surface area contributed by atoms with Gasteiger partial charge in [0.25, 0.3) is 0 Å². The van der Waals surface area contributed by atoms with Crippen molar-refractivity contribution in [2.45, 2.75) is 26.3 Å². The molecule has 0 saturated carbocycles. The Morgan fingerprint density at radius 3 is 2.64 bits per heavy atom. The number of anilines is 1. The lowest BCUT2D eigenvalue weighted by molar-refractivity contribution is -0.120. The van der Waals surface area contributed by atoms with Crippen molar-refractivity contribution in [1.29, 1.82) is 0 Å². The Kier molecular flexibility index (Phi) is 6.07. The van der Waals surface area contributed by atoms with Crippen LogP contribution in [-0.2, 0) is 21.4 Å². The molecule has 0 radical (unpaired) electrons. The van der Waals surface area contributed by atoms with Crippen molar-refractivity contribution in [3.63, 3.8) is 0 Å². The van der Waals surface area contributed by atoms with Crippen LogP contribution in [0.4, 0.5) is 10.2 Å². The number of aryl methyl sites for hydroxylation is 1. The molecule has 1 amide bonds. The largest absolute Gasteiger partial charge is 0.309 e. The van der Waals surface area contributed by atoms with E-state index in [4.69, 9.17) is 11.6 Å². The number of sulfonamides is 1.